The number of halogens is 2. The van der Waals surface area contributed by atoms with Crippen molar-refractivity contribution in [3.63, 3.8) is 0 Å². The Morgan fingerprint density at radius 3 is 2.92 bits per heavy atom. The van der Waals surface area contributed by atoms with Gasteiger partial charge in [0.25, 0.3) is 0 Å². The van der Waals surface area contributed by atoms with Crippen LogP contribution < -0.4 is 0 Å². The Morgan fingerprint density at radius 2 is 2.15 bits per heavy atom. The summed E-state index contributed by atoms with van der Waals surface area (Å²) in [4.78, 5) is 4.37. The lowest BCUT2D eigenvalue weighted by atomic mass is 9.93. The third kappa shape index (κ3) is 1.89. The summed E-state index contributed by atoms with van der Waals surface area (Å²) in [6.45, 7) is 0. The summed E-state index contributed by atoms with van der Waals surface area (Å²) in [7, 11) is 0. The van der Waals surface area contributed by atoms with Crippen LogP contribution in [0.4, 0.5) is 0 Å². The number of alkyl halides is 1. The molecule has 0 atom stereocenters. The molecule has 0 amide bonds. The maximum atomic E-state index is 5.93. The van der Waals surface area contributed by atoms with Gasteiger partial charge in [0.2, 0.25) is 0 Å². The van der Waals surface area contributed by atoms with Crippen LogP contribution in [-0.4, -0.2) is 4.98 Å². The summed E-state index contributed by atoms with van der Waals surface area (Å²) in [5, 5.41) is 1.52. The van der Waals surface area contributed by atoms with Crippen LogP contribution in [-0.2, 0) is 18.2 Å². The van der Waals surface area contributed by atoms with E-state index in [-0.39, 0.29) is 0 Å². The summed E-state index contributed by atoms with van der Waals surface area (Å²) in [5.41, 5.74) is 3.95. The minimum atomic E-state index is 0.634. The number of fused-ring (bicyclic) bond motifs is 1. The highest BCUT2D eigenvalue weighted by atomic mass is 79.9. The largest absolute Gasteiger partial charge is 0.241 e. The Labute approximate surface area is 91.6 Å². The lowest BCUT2D eigenvalue weighted by Crippen LogP contribution is -2.08. The molecule has 0 saturated heterocycles. The fourth-order valence-electron chi connectivity index (χ4n) is 1.87. The SMILES string of the molecule is Clc1cc(CBr)c2c(n1)CCCC2. The Balaban J connectivity index is 2.50. The topological polar surface area (TPSA) is 12.9 Å². The molecule has 3 heteroatoms. The number of rotatable bonds is 1. The van der Waals surface area contributed by atoms with Crippen LogP contribution >= 0.6 is 27.5 Å². The Kier molecular flexibility index (Phi) is 2.89. The monoisotopic (exact) mass is 259 g/mol. The Hall–Kier alpha value is -0.0800. The van der Waals surface area contributed by atoms with Crippen molar-refractivity contribution in [3.8, 4) is 0 Å². The second-order valence-electron chi connectivity index (χ2n) is 3.37. The molecule has 2 rings (SSSR count). The smallest absolute Gasteiger partial charge is 0.129 e. The summed E-state index contributed by atoms with van der Waals surface area (Å²) in [5.74, 6) is 0. The third-order valence-corrected chi connectivity index (χ3v) is 3.30. The van der Waals surface area contributed by atoms with E-state index in [0.717, 1.165) is 11.8 Å². The van der Waals surface area contributed by atoms with Crippen LogP contribution in [0.25, 0.3) is 0 Å². The molecule has 1 nitrogen and oxygen atoms in total. The zero-order chi connectivity index (χ0) is 9.26. The first-order valence-corrected chi connectivity index (χ1v) is 6.04. The van der Waals surface area contributed by atoms with E-state index in [9.17, 15) is 0 Å². The first-order chi connectivity index (χ1) is 6.31. The number of aryl methyl sites for hydroxylation is 1. The summed E-state index contributed by atoms with van der Waals surface area (Å²) >= 11 is 9.41. The molecule has 70 valence electrons. The number of hydrogen-bond acceptors (Lipinski definition) is 1. The molecule has 0 N–H and O–H groups in total. The van der Waals surface area contributed by atoms with Gasteiger partial charge in [-0.2, -0.15) is 0 Å². The van der Waals surface area contributed by atoms with Crippen LogP contribution in [0.1, 0.15) is 29.7 Å². The van der Waals surface area contributed by atoms with Gasteiger partial charge < -0.3 is 0 Å². The van der Waals surface area contributed by atoms with E-state index in [1.165, 1.54) is 36.1 Å². The molecule has 0 saturated carbocycles. The molecule has 0 spiro atoms. The molecule has 0 fully saturated rings. The molecule has 1 aliphatic carbocycles. The van der Waals surface area contributed by atoms with Crippen molar-refractivity contribution in [1.82, 2.24) is 4.98 Å². The van der Waals surface area contributed by atoms with Crippen molar-refractivity contribution >= 4 is 27.5 Å². The van der Waals surface area contributed by atoms with Crippen LogP contribution in [0.3, 0.4) is 0 Å². The lowest BCUT2D eigenvalue weighted by molar-refractivity contribution is 0.664. The molecule has 13 heavy (non-hydrogen) atoms. The van der Waals surface area contributed by atoms with Gasteiger partial charge in [-0.1, -0.05) is 27.5 Å². The first-order valence-electron chi connectivity index (χ1n) is 4.54. The summed E-state index contributed by atoms with van der Waals surface area (Å²) in [6.07, 6.45) is 4.80. The molecular formula is C10H11BrClN. The van der Waals surface area contributed by atoms with Crippen molar-refractivity contribution in [2.45, 2.75) is 31.0 Å². The number of hydrogen-bond donors (Lipinski definition) is 0. The highest BCUT2D eigenvalue weighted by molar-refractivity contribution is 9.08. The number of aromatic nitrogens is 1. The van der Waals surface area contributed by atoms with Crippen LogP contribution in [0, 0.1) is 0 Å². The fourth-order valence-corrected chi connectivity index (χ4v) is 2.60. The predicted octanol–water partition coefficient (Wildman–Crippen LogP) is 3.51. The number of nitrogens with zero attached hydrogens (tertiary/aromatic N) is 1. The predicted molar refractivity (Wildman–Crippen MR) is 58.5 cm³/mol. The lowest BCUT2D eigenvalue weighted by Gasteiger charge is -2.17. The molecule has 0 bridgehead atoms. The van der Waals surface area contributed by atoms with Gasteiger partial charge in [-0.25, -0.2) is 4.98 Å². The van der Waals surface area contributed by atoms with Gasteiger partial charge in [-0.3, -0.25) is 0 Å². The molecule has 0 aliphatic heterocycles. The standard InChI is InChI=1S/C10H11BrClN/c11-6-7-5-10(12)13-9-4-2-1-3-8(7)9/h5H,1-4,6H2. The molecule has 1 aromatic rings. The van der Waals surface area contributed by atoms with Gasteiger partial charge in [0.05, 0.1) is 0 Å². The van der Waals surface area contributed by atoms with Gasteiger partial charge in [0.15, 0.2) is 0 Å². The highest BCUT2D eigenvalue weighted by Crippen LogP contribution is 2.26. The zero-order valence-corrected chi connectivity index (χ0v) is 9.66. The van der Waals surface area contributed by atoms with Gasteiger partial charge >= 0.3 is 0 Å². The summed E-state index contributed by atoms with van der Waals surface area (Å²) < 4.78 is 0. The van der Waals surface area contributed by atoms with Crippen molar-refractivity contribution in [2.75, 3.05) is 0 Å². The quantitative estimate of drug-likeness (QED) is 0.556. The van der Waals surface area contributed by atoms with Gasteiger partial charge in [-0.15, -0.1) is 0 Å². The average molecular weight is 261 g/mol. The molecule has 1 heterocycles. The van der Waals surface area contributed by atoms with Crippen LogP contribution in [0.15, 0.2) is 6.07 Å². The van der Waals surface area contributed by atoms with E-state index < -0.39 is 0 Å². The van der Waals surface area contributed by atoms with Gasteiger partial charge in [0, 0.05) is 11.0 Å². The Morgan fingerprint density at radius 1 is 1.38 bits per heavy atom. The second-order valence-corrected chi connectivity index (χ2v) is 4.32. The molecular weight excluding hydrogens is 249 g/mol. The van der Waals surface area contributed by atoms with Crippen molar-refractivity contribution < 1.29 is 0 Å². The van der Waals surface area contributed by atoms with E-state index in [2.05, 4.69) is 20.9 Å². The minimum Gasteiger partial charge on any atom is -0.241 e. The molecule has 1 aliphatic rings. The average Bonchev–Trinajstić information content (AvgIpc) is 2.16. The van der Waals surface area contributed by atoms with Gasteiger partial charge in [-0.05, 0) is 42.9 Å². The maximum absolute atomic E-state index is 5.93. The maximum Gasteiger partial charge on any atom is 0.129 e. The molecule has 1 aromatic heterocycles. The van der Waals surface area contributed by atoms with E-state index in [4.69, 9.17) is 11.6 Å². The third-order valence-electron chi connectivity index (χ3n) is 2.51. The minimum absolute atomic E-state index is 0.634. The Bertz CT molecular complexity index is 308. The first kappa shape index (κ1) is 9.47. The molecule has 0 aromatic carbocycles. The van der Waals surface area contributed by atoms with Crippen molar-refractivity contribution in [2.24, 2.45) is 0 Å². The van der Waals surface area contributed by atoms with E-state index >= 15 is 0 Å². The van der Waals surface area contributed by atoms with Gasteiger partial charge in [0.1, 0.15) is 5.15 Å². The van der Waals surface area contributed by atoms with E-state index in [0.29, 0.717) is 5.15 Å². The molecule has 0 radical (unpaired) electrons. The molecule has 0 unspecified atom stereocenters. The van der Waals surface area contributed by atoms with Crippen LogP contribution in [0.2, 0.25) is 5.15 Å². The second kappa shape index (κ2) is 3.97. The fraction of sp³-hybridized carbons (Fsp3) is 0.500. The normalized spacial score (nSPS) is 15.5. The summed E-state index contributed by atoms with van der Waals surface area (Å²) in [6, 6.07) is 1.97. The van der Waals surface area contributed by atoms with Crippen molar-refractivity contribution in [1.29, 1.82) is 0 Å². The van der Waals surface area contributed by atoms with E-state index in [1.54, 1.807) is 0 Å². The number of pyridine rings is 1. The van der Waals surface area contributed by atoms with E-state index in [1.807, 2.05) is 6.07 Å². The zero-order valence-electron chi connectivity index (χ0n) is 7.32. The van der Waals surface area contributed by atoms with Crippen LogP contribution in [0.5, 0.6) is 0 Å². The van der Waals surface area contributed by atoms with Crippen molar-refractivity contribution in [3.05, 3.63) is 28.0 Å². The highest BCUT2D eigenvalue weighted by Gasteiger charge is 2.14.